The van der Waals surface area contributed by atoms with Gasteiger partial charge in [-0.1, -0.05) is 26.0 Å². The van der Waals surface area contributed by atoms with Crippen molar-refractivity contribution >= 4 is 0 Å². The Morgan fingerprint density at radius 3 is 2.80 bits per heavy atom. The van der Waals surface area contributed by atoms with Crippen molar-refractivity contribution in [3.8, 4) is 11.8 Å². The Morgan fingerprint density at radius 1 is 1.40 bits per heavy atom. The molecule has 0 saturated heterocycles. The number of ether oxygens (including phenoxy) is 1. The number of benzene rings is 1. The van der Waals surface area contributed by atoms with E-state index in [-0.39, 0.29) is 0 Å². The van der Waals surface area contributed by atoms with Crippen LogP contribution in [0, 0.1) is 11.3 Å². The third-order valence-electron chi connectivity index (χ3n) is 1.92. The van der Waals surface area contributed by atoms with Crippen LogP contribution in [0.5, 0.6) is 5.75 Å². The lowest BCUT2D eigenvalue weighted by atomic mass is 10.2. The zero-order valence-corrected chi connectivity index (χ0v) is 9.16. The Hall–Kier alpha value is -1.53. The Morgan fingerprint density at radius 2 is 2.13 bits per heavy atom. The highest BCUT2D eigenvalue weighted by Gasteiger charge is 2.00. The highest BCUT2D eigenvalue weighted by Crippen LogP contribution is 2.15. The zero-order valence-electron chi connectivity index (χ0n) is 9.16. The molecule has 0 aliphatic carbocycles. The van der Waals surface area contributed by atoms with Gasteiger partial charge in [-0.25, -0.2) is 0 Å². The van der Waals surface area contributed by atoms with Crippen LogP contribution in [-0.4, -0.2) is 19.2 Å². The number of nitrogens with zero attached hydrogens (tertiary/aromatic N) is 1. The topological polar surface area (TPSA) is 45.0 Å². The molecule has 1 aromatic carbocycles. The molecule has 0 amide bonds. The van der Waals surface area contributed by atoms with Gasteiger partial charge >= 0.3 is 0 Å². The van der Waals surface area contributed by atoms with E-state index < -0.39 is 0 Å². The Balaban J connectivity index is 2.41. The average molecular weight is 204 g/mol. The molecule has 1 N–H and O–H groups in total. The smallest absolute Gasteiger partial charge is 0.137 e. The number of nitriles is 1. The van der Waals surface area contributed by atoms with Gasteiger partial charge in [0, 0.05) is 12.6 Å². The van der Waals surface area contributed by atoms with Crippen molar-refractivity contribution in [1.82, 2.24) is 5.32 Å². The molecule has 0 saturated carbocycles. The first kappa shape index (κ1) is 11.5. The second kappa shape index (κ2) is 6.05. The average Bonchev–Trinajstić information content (AvgIpc) is 2.24. The molecule has 3 nitrogen and oxygen atoms in total. The van der Waals surface area contributed by atoms with Crippen LogP contribution >= 0.6 is 0 Å². The predicted octanol–water partition coefficient (Wildman–Crippen LogP) is 1.94. The first-order chi connectivity index (χ1) is 7.24. The third-order valence-corrected chi connectivity index (χ3v) is 1.92. The molecule has 80 valence electrons. The van der Waals surface area contributed by atoms with Crippen LogP contribution in [0.2, 0.25) is 0 Å². The largest absolute Gasteiger partial charge is 0.491 e. The maximum atomic E-state index is 8.82. The van der Waals surface area contributed by atoms with E-state index in [0.29, 0.717) is 24.0 Å². The van der Waals surface area contributed by atoms with Crippen molar-refractivity contribution in [2.45, 2.75) is 19.9 Å². The molecule has 0 heterocycles. The lowest BCUT2D eigenvalue weighted by Crippen LogP contribution is -2.27. The number of hydrogen-bond acceptors (Lipinski definition) is 3. The second-order valence-corrected chi connectivity index (χ2v) is 3.57. The molecule has 0 radical (unpaired) electrons. The summed E-state index contributed by atoms with van der Waals surface area (Å²) in [5.41, 5.74) is 0.585. The molecule has 1 aromatic rings. The van der Waals surface area contributed by atoms with Gasteiger partial charge in [0.15, 0.2) is 0 Å². The van der Waals surface area contributed by atoms with Crippen LogP contribution in [0.4, 0.5) is 0 Å². The van der Waals surface area contributed by atoms with Crippen molar-refractivity contribution in [2.75, 3.05) is 13.2 Å². The van der Waals surface area contributed by atoms with E-state index in [1.165, 1.54) is 0 Å². The van der Waals surface area contributed by atoms with Crippen LogP contribution in [0.15, 0.2) is 24.3 Å². The van der Waals surface area contributed by atoms with E-state index in [0.717, 1.165) is 6.54 Å². The fraction of sp³-hybridized carbons (Fsp3) is 0.417. The maximum Gasteiger partial charge on any atom is 0.137 e. The van der Waals surface area contributed by atoms with Crippen molar-refractivity contribution in [3.63, 3.8) is 0 Å². The highest BCUT2D eigenvalue weighted by atomic mass is 16.5. The second-order valence-electron chi connectivity index (χ2n) is 3.57. The number of para-hydroxylation sites is 1. The molecule has 1 rings (SSSR count). The van der Waals surface area contributed by atoms with E-state index >= 15 is 0 Å². The molecule has 0 spiro atoms. The molecular formula is C12H16N2O. The summed E-state index contributed by atoms with van der Waals surface area (Å²) in [5, 5.41) is 12.1. The summed E-state index contributed by atoms with van der Waals surface area (Å²) >= 11 is 0. The molecular weight excluding hydrogens is 188 g/mol. The van der Waals surface area contributed by atoms with E-state index in [4.69, 9.17) is 10.00 Å². The molecule has 0 fully saturated rings. The third kappa shape index (κ3) is 4.01. The SMILES string of the molecule is CC(C)NCCOc1ccccc1C#N. The molecule has 0 aliphatic rings. The lowest BCUT2D eigenvalue weighted by Gasteiger charge is -2.10. The van der Waals surface area contributed by atoms with Gasteiger partial charge in [-0.2, -0.15) is 5.26 Å². The number of rotatable bonds is 5. The molecule has 0 atom stereocenters. The Kier molecular flexibility index (Phi) is 4.65. The fourth-order valence-electron chi connectivity index (χ4n) is 1.19. The van der Waals surface area contributed by atoms with Crippen LogP contribution in [-0.2, 0) is 0 Å². The van der Waals surface area contributed by atoms with Crippen LogP contribution in [0.25, 0.3) is 0 Å². The van der Waals surface area contributed by atoms with Gasteiger partial charge in [-0.3, -0.25) is 0 Å². The summed E-state index contributed by atoms with van der Waals surface area (Å²) in [6.07, 6.45) is 0. The van der Waals surface area contributed by atoms with Crippen molar-refractivity contribution in [1.29, 1.82) is 5.26 Å². The van der Waals surface area contributed by atoms with Crippen molar-refractivity contribution in [3.05, 3.63) is 29.8 Å². The quantitative estimate of drug-likeness (QED) is 0.745. The monoisotopic (exact) mass is 204 g/mol. The van der Waals surface area contributed by atoms with Crippen LogP contribution in [0.1, 0.15) is 19.4 Å². The lowest BCUT2D eigenvalue weighted by molar-refractivity contribution is 0.308. The minimum Gasteiger partial charge on any atom is -0.491 e. The van der Waals surface area contributed by atoms with Crippen molar-refractivity contribution in [2.24, 2.45) is 0 Å². The Labute approximate surface area is 90.7 Å². The highest BCUT2D eigenvalue weighted by molar-refractivity contribution is 5.42. The molecule has 0 unspecified atom stereocenters. The normalized spacial score (nSPS) is 10.0. The van der Waals surface area contributed by atoms with Gasteiger partial charge in [0.05, 0.1) is 5.56 Å². The maximum absolute atomic E-state index is 8.82. The first-order valence-electron chi connectivity index (χ1n) is 5.09. The van der Waals surface area contributed by atoms with Gasteiger partial charge in [0.25, 0.3) is 0 Å². The van der Waals surface area contributed by atoms with Crippen molar-refractivity contribution < 1.29 is 4.74 Å². The van der Waals surface area contributed by atoms with Crippen LogP contribution in [0.3, 0.4) is 0 Å². The summed E-state index contributed by atoms with van der Waals surface area (Å²) in [6, 6.07) is 9.82. The summed E-state index contributed by atoms with van der Waals surface area (Å²) < 4.78 is 5.49. The summed E-state index contributed by atoms with van der Waals surface area (Å²) in [7, 11) is 0. The summed E-state index contributed by atoms with van der Waals surface area (Å²) in [5.74, 6) is 0.658. The molecule has 0 aliphatic heterocycles. The van der Waals surface area contributed by atoms with Gasteiger partial charge in [0.2, 0.25) is 0 Å². The van der Waals surface area contributed by atoms with E-state index in [1.54, 1.807) is 6.07 Å². The minimum absolute atomic E-state index is 0.458. The van der Waals surface area contributed by atoms with E-state index in [1.807, 2.05) is 18.2 Å². The number of nitrogens with one attached hydrogen (secondary N) is 1. The molecule has 0 aromatic heterocycles. The standard InChI is InChI=1S/C12H16N2O/c1-10(2)14-7-8-15-12-6-4-3-5-11(12)9-13/h3-6,10,14H,7-8H2,1-2H3. The minimum atomic E-state index is 0.458. The molecule has 15 heavy (non-hydrogen) atoms. The summed E-state index contributed by atoms with van der Waals surface area (Å²) in [6.45, 7) is 5.54. The summed E-state index contributed by atoms with van der Waals surface area (Å²) in [4.78, 5) is 0. The van der Waals surface area contributed by atoms with Crippen LogP contribution < -0.4 is 10.1 Å². The van der Waals surface area contributed by atoms with Gasteiger partial charge in [-0.05, 0) is 12.1 Å². The first-order valence-corrected chi connectivity index (χ1v) is 5.09. The van der Waals surface area contributed by atoms with Gasteiger partial charge < -0.3 is 10.1 Å². The van der Waals surface area contributed by atoms with Gasteiger partial charge in [0.1, 0.15) is 18.4 Å². The fourth-order valence-corrected chi connectivity index (χ4v) is 1.19. The zero-order chi connectivity index (χ0) is 11.1. The molecule has 0 bridgehead atoms. The van der Waals surface area contributed by atoms with Gasteiger partial charge in [-0.15, -0.1) is 0 Å². The number of hydrogen-bond donors (Lipinski definition) is 1. The Bertz CT molecular complexity index is 342. The van der Waals surface area contributed by atoms with E-state index in [2.05, 4.69) is 25.2 Å². The predicted molar refractivity (Wildman–Crippen MR) is 59.8 cm³/mol. The van der Waals surface area contributed by atoms with E-state index in [9.17, 15) is 0 Å². The molecule has 3 heteroatoms.